The first kappa shape index (κ1) is 41.8. The second-order valence-corrected chi connectivity index (χ2v) is 16.3. The number of hydrogen-bond acceptors (Lipinski definition) is 8. The lowest BCUT2D eigenvalue weighted by atomic mass is 9.92. The predicted octanol–water partition coefficient (Wildman–Crippen LogP) is 8.72. The van der Waals surface area contributed by atoms with Gasteiger partial charge in [0.1, 0.15) is 24.7 Å². The third kappa shape index (κ3) is 10.4. The third-order valence-electron chi connectivity index (χ3n) is 11.0. The zero-order chi connectivity index (χ0) is 39.6. The fraction of sp³-hybridized carbons (Fsp3) is 0.409. The number of benzene rings is 4. The first-order valence-electron chi connectivity index (χ1n) is 19.3. The van der Waals surface area contributed by atoms with Gasteiger partial charge in [0.25, 0.3) is 11.8 Å². The summed E-state index contributed by atoms with van der Waals surface area (Å²) in [5.41, 5.74) is 14.1. The van der Waals surface area contributed by atoms with Gasteiger partial charge < -0.3 is 9.47 Å². The van der Waals surface area contributed by atoms with Crippen molar-refractivity contribution in [3.63, 3.8) is 0 Å². The van der Waals surface area contributed by atoms with Crippen molar-refractivity contribution in [2.75, 3.05) is 27.3 Å². The van der Waals surface area contributed by atoms with E-state index in [0.29, 0.717) is 26.3 Å². The van der Waals surface area contributed by atoms with E-state index in [9.17, 15) is 9.59 Å². The minimum Gasteiger partial charge on any atom is -0.488 e. The van der Waals surface area contributed by atoms with Gasteiger partial charge >= 0.3 is 0 Å². The Morgan fingerprint density at radius 3 is 1.46 bits per heavy atom. The van der Waals surface area contributed by atoms with Gasteiger partial charge in [-0.05, 0) is 153 Å². The number of ether oxygens (including phenoxy) is 2. The van der Waals surface area contributed by atoms with E-state index in [1.165, 1.54) is 25.3 Å². The number of amides is 2. The lowest BCUT2D eigenvalue weighted by Crippen LogP contribution is -2.48. The lowest BCUT2D eigenvalue weighted by Gasteiger charge is -2.34. The van der Waals surface area contributed by atoms with Crippen molar-refractivity contribution in [1.29, 1.82) is 0 Å². The molecule has 2 N–H and O–H groups in total. The lowest BCUT2D eigenvalue weighted by molar-refractivity contribution is -0.139. The van der Waals surface area contributed by atoms with Crippen molar-refractivity contribution in [2.24, 2.45) is 0 Å². The molecule has 0 aliphatic carbocycles. The molecule has 6 rings (SSSR count). The van der Waals surface area contributed by atoms with Crippen molar-refractivity contribution < 1.29 is 28.7 Å². The summed E-state index contributed by atoms with van der Waals surface area (Å²) in [5, 5.41) is 0. The second-order valence-electron chi connectivity index (χ2n) is 14.6. The van der Waals surface area contributed by atoms with Crippen LogP contribution in [0, 0.1) is 13.8 Å². The van der Waals surface area contributed by atoms with Crippen LogP contribution in [-0.4, -0.2) is 61.0 Å². The van der Waals surface area contributed by atoms with Crippen molar-refractivity contribution in [2.45, 2.75) is 90.8 Å². The molecule has 2 fully saturated rings. The standard InChI is InChI=1S/C44H52Br2N4O6/c1-29-33(27-55-41-19-17-31(23-37(41)45)25-49-21-7-5-15-39(49)43(51)47-53-3)11-9-13-35(29)36-14-10-12-34(30(36)2)28-56-42-20-18-32(24-38(42)46)26-50-22-8-6-16-40(50)44(52)48-54-4/h9-14,17-20,23-24,39-40H,5-8,15-16,21-22,25-28H2,1-4H3,(H,47,51)(H,48,52)/t39-,40-/m0/s1. The monoisotopic (exact) mass is 890 g/mol. The quantitative estimate of drug-likeness (QED) is 0.114. The number of carbonyl (C=O) groups excluding carboxylic acids is 2. The molecule has 2 atom stereocenters. The maximum Gasteiger partial charge on any atom is 0.260 e. The summed E-state index contributed by atoms with van der Waals surface area (Å²) in [6.45, 7) is 8.24. The van der Waals surface area contributed by atoms with Gasteiger partial charge in [-0.25, -0.2) is 11.0 Å². The molecule has 298 valence electrons. The number of hydrogen-bond donors (Lipinski definition) is 2. The van der Waals surface area contributed by atoms with Crippen LogP contribution in [0.5, 0.6) is 11.5 Å². The summed E-state index contributed by atoms with van der Waals surface area (Å²) in [7, 11) is 2.94. The van der Waals surface area contributed by atoms with Crippen LogP contribution in [0.1, 0.15) is 71.9 Å². The molecule has 2 aliphatic rings. The van der Waals surface area contributed by atoms with E-state index >= 15 is 0 Å². The van der Waals surface area contributed by atoms with Crippen molar-refractivity contribution in [1.82, 2.24) is 20.8 Å². The van der Waals surface area contributed by atoms with Crippen LogP contribution in [-0.2, 0) is 45.6 Å². The molecule has 0 bridgehead atoms. The molecule has 2 saturated heterocycles. The van der Waals surface area contributed by atoms with E-state index in [4.69, 9.17) is 19.1 Å². The summed E-state index contributed by atoms with van der Waals surface area (Å²) in [4.78, 5) is 39.4. The van der Waals surface area contributed by atoms with Crippen LogP contribution in [0.25, 0.3) is 11.1 Å². The Balaban J connectivity index is 1.08. The minimum atomic E-state index is -0.200. The van der Waals surface area contributed by atoms with E-state index in [-0.39, 0.29) is 23.9 Å². The SMILES string of the molecule is CONC(=O)[C@@H]1CCCCN1Cc1ccc(OCc2cccc(-c3cccc(COc4ccc(CN5CCCC[C@H]5C(=O)NOC)cc4Br)c3C)c2C)c(Br)c1. The van der Waals surface area contributed by atoms with Gasteiger partial charge in [-0.15, -0.1) is 0 Å². The number of piperidine rings is 2. The Kier molecular flexibility index (Phi) is 15.0. The van der Waals surface area contributed by atoms with Crippen LogP contribution in [0.15, 0.2) is 81.7 Å². The van der Waals surface area contributed by atoms with Crippen molar-refractivity contribution in [3.8, 4) is 22.6 Å². The Hall–Kier alpha value is -3.78. The van der Waals surface area contributed by atoms with Gasteiger partial charge in [0.05, 0.1) is 35.2 Å². The topological polar surface area (TPSA) is 102 Å². The number of carbonyl (C=O) groups is 2. The summed E-state index contributed by atoms with van der Waals surface area (Å²) in [6.07, 6.45) is 5.85. The van der Waals surface area contributed by atoms with E-state index in [1.807, 2.05) is 12.1 Å². The molecule has 10 nitrogen and oxygen atoms in total. The molecule has 2 amide bonds. The average molecular weight is 893 g/mol. The highest BCUT2D eigenvalue weighted by Crippen LogP contribution is 2.34. The molecule has 4 aromatic carbocycles. The summed E-state index contributed by atoms with van der Waals surface area (Å²) in [5.74, 6) is 1.35. The molecule has 56 heavy (non-hydrogen) atoms. The van der Waals surface area contributed by atoms with Gasteiger partial charge in [0.15, 0.2) is 0 Å². The first-order chi connectivity index (χ1) is 27.2. The van der Waals surface area contributed by atoms with E-state index < -0.39 is 0 Å². The zero-order valence-electron chi connectivity index (χ0n) is 32.7. The Bertz CT molecular complexity index is 1850. The summed E-state index contributed by atoms with van der Waals surface area (Å²) >= 11 is 7.47. The molecular formula is C44H52Br2N4O6. The smallest absolute Gasteiger partial charge is 0.260 e. The van der Waals surface area contributed by atoms with Crippen molar-refractivity contribution >= 4 is 43.7 Å². The van der Waals surface area contributed by atoms with E-state index in [1.54, 1.807) is 0 Å². The minimum absolute atomic E-state index is 0.0930. The number of hydroxylamine groups is 2. The largest absolute Gasteiger partial charge is 0.488 e. The number of halogens is 2. The van der Waals surface area contributed by atoms with Gasteiger partial charge in [-0.2, -0.15) is 0 Å². The zero-order valence-corrected chi connectivity index (χ0v) is 35.8. The second kappa shape index (κ2) is 20.1. The van der Waals surface area contributed by atoms with E-state index in [0.717, 1.165) is 105 Å². The van der Waals surface area contributed by atoms with Crippen LogP contribution in [0.2, 0.25) is 0 Å². The van der Waals surface area contributed by atoms with Gasteiger partial charge in [0, 0.05) is 13.1 Å². The van der Waals surface area contributed by atoms with Crippen LogP contribution in [0.3, 0.4) is 0 Å². The molecule has 0 spiro atoms. The highest BCUT2D eigenvalue weighted by atomic mass is 79.9. The third-order valence-corrected chi connectivity index (χ3v) is 12.2. The highest BCUT2D eigenvalue weighted by Gasteiger charge is 2.30. The van der Waals surface area contributed by atoms with Crippen LogP contribution < -0.4 is 20.4 Å². The Labute approximate surface area is 347 Å². The van der Waals surface area contributed by atoms with Crippen molar-refractivity contribution in [3.05, 3.63) is 115 Å². The van der Waals surface area contributed by atoms with Gasteiger partial charge in [0.2, 0.25) is 0 Å². The van der Waals surface area contributed by atoms with Gasteiger partial charge in [-0.1, -0.05) is 61.4 Å². The molecule has 0 unspecified atom stereocenters. The van der Waals surface area contributed by atoms with E-state index in [2.05, 4.69) is 127 Å². The number of rotatable bonds is 15. The fourth-order valence-corrected chi connectivity index (χ4v) is 8.94. The molecule has 4 aromatic rings. The molecule has 0 radical (unpaired) electrons. The number of likely N-dealkylation sites (tertiary alicyclic amines) is 2. The number of nitrogens with zero attached hydrogens (tertiary/aromatic N) is 2. The molecule has 0 saturated carbocycles. The highest BCUT2D eigenvalue weighted by molar-refractivity contribution is 9.11. The van der Waals surface area contributed by atoms with Gasteiger partial charge in [-0.3, -0.25) is 29.1 Å². The molecule has 12 heteroatoms. The fourth-order valence-electron chi connectivity index (χ4n) is 7.85. The van der Waals surface area contributed by atoms with Crippen LogP contribution >= 0.6 is 31.9 Å². The first-order valence-corrected chi connectivity index (χ1v) is 20.9. The maximum atomic E-state index is 12.6. The molecular weight excluding hydrogens is 840 g/mol. The average Bonchev–Trinajstić information content (AvgIpc) is 3.19. The number of nitrogens with one attached hydrogen (secondary N) is 2. The predicted molar refractivity (Wildman–Crippen MR) is 225 cm³/mol. The Morgan fingerprint density at radius 2 is 1.07 bits per heavy atom. The van der Waals surface area contributed by atoms with Crippen LogP contribution in [0.4, 0.5) is 0 Å². The Morgan fingerprint density at radius 1 is 0.643 bits per heavy atom. The molecule has 0 aromatic heterocycles. The molecule has 2 heterocycles. The molecule has 2 aliphatic heterocycles. The summed E-state index contributed by atoms with van der Waals surface area (Å²) < 4.78 is 14.5. The summed E-state index contributed by atoms with van der Waals surface area (Å²) in [6, 6.07) is 24.7. The maximum absolute atomic E-state index is 12.6. The normalized spacial score (nSPS) is 17.7.